The smallest absolute Gasteiger partial charge is 0.246 e. The van der Waals surface area contributed by atoms with Gasteiger partial charge >= 0.3 is 0 Å². The summed E-state index contributed by atoms with van der Waals surface area (Å²) in [4.78, 5) is 22.8. The van der Waals surface area contributed by atoms with Crippen molar-refractivity contribution in [1.82, 2.24) is 14.9 Å². The van der Waals surface area contributed by atoms with Crippen LogP contribution in [0.15, 0.2) is 60.2 Å². The van der Waals surface area contributed by atoms with Crippen LogP contribution in [0.5, 0.6) is 5.75 Å². The van der Waals surface area contributed by atoms with Crippen LogP contribution in [0.1, 0.15) is 34.8 Å². The molecule has 0 aliphatic heterocycles. The standard InChI is InChI=1S/C22H23N3O2S/c1-16(19-8-6-12-23-13-19)25(3)22(26)11-10-18-7-4-5-9-21(18)27-14-20-15-28-17(2)24-20/h4-13,15-16H,14H2,1-3H3/b11-10+. The van der Waals surface area contributed by atoms with E-state index in [1.165, 1.54) is 0 Å². The number of aromatic nitrogens is 2. The number of aryl methyl sites for hydroxylation is 1. The SMILES string of the molecule is Cc1nc(COc2ccccc2/C=C/C(=O)N(C)C(C)c2cccnc2)cs1. The average Bonchev–Trinajstić information content (AvgIpc) is 3.15. The van der Waals surface area contributed by atoms with Crippen LogP contribution in [0.2, 0.25) is 0 Å². The molecule has 0 saturated heterocycles. The molecule has 2 aromatic heterocycles. The van der Waals surface area contributed by atoms with E-state index in [0.717, 1.165) is 27.6 Å². The first kappa shape index (κ1) is 19.8. The van der Waals surface area contributed by atoms with Gasteiger partial charge in [0.15, 0.2) is 0 Å². The van der Waals surface area contributed by atoms with Crippen LogP contribution in [0.4, 0.5) is 0 Å². The normalized spacial score (nSPS) is 12.1. The predicted octanol–water partition coefficient (Wildman–Crippen LogP) is 4.66. The molecule has 1 unspecified atom stereocenters. The number of amides is 1. The Kier molecular flexibility index (Phi) is 6.55. The minimum Gasteiger partial charge on any atom is -0.487 e. The number of para-hydroxylation sites is 1. The third-order valence-corrected chi connectivity index (χ3v) is 5.28. The van der Waals surface area contributed by atoms with Gasteiger partial charge in [0.25, 0.3) is 0 Å². The van der Waals surface area contributed by atoms with E-state index >= 15 is 0 Å². The first-order valence-electron chi connectivity index (χ1n) is 9.02. The highest BCUT2D eigenvalue weighted by Gasteiger charge is 2.15. The van der Waals surface area contributed by atoms with Gasteiger partial charge in [-0.3, -0.25) is 9.78 Å². The maximum Gasteiger partial charge on any atom is 0.246 e. The Bertz CT molecular complexity index is 953. The molecule has 0 aliphatic carbocycles. The number of hydrogen-bond donors (Lipinski definition) is 0. The highest BCUT2D eigenvalue weighted by atomic mass is 32.1. The molecule has 2 heterocycles. The van der Waals surface area contributed by atoms with E-state index in [1.54, 1.807) is 47.8 Å². The lowest BCUT2D eigenvalue weighted by molar-refractivity contribution is -0.126. The van der Waals surface area contributed by atoms with Crippen molar-refractivity contribution in [2.45, 2.75) is 26.5 Å². The summed E-state index contributed by atoms with van der Waals surface area (Å²) in [6.45, 7) is 4.36. The van der Waals surface area contributed by atoms with Crippen LogP contribution in [0, 0.1) is 6.92 Å². The Labute approximate surface area is 169 Å². The number of rotatable bonds is 7. The van der Waals surface area contributed by atoms with E-state index in [1.807, 2.05) is 55.6 Å². The topological polar surface area (TPSA) is 55.3 Å². The van der Waals surface area contributed by atoms with E-state index in [9.17, 15) is 4.79 Å². The van der Waals surface area contributed by atoms with Gasteiger partial charge in [-0.05, 0) is 37.6 Å². The largest absolute Gasteiger partial charge is 0.487 e. The molecule has 5 nitrogen and oxygen atoms in total. The second-order valence-electron chi connectivity index (χ2n) is 6.43. The van der Waals surface area contributed by atoms with Crippen molar-refractivity contribution in [3.63, 3.8) is 0 Å². The molecule has 0 radical (unpaired) electrons. The van der Waals surface area contributed by atoms with Gasteiger partial charge in [0.05, 0.1) is 16.7 Å². The lowest BCUT2D eigenvalue weighted by Gasteiger charge is -2.23. The van der Waals surface area contributed by atoms with Crippen molar-refractivity contribution >= 4 is 23.3 Å². The summed E-state index contributed by atoms with van der Waals surface area (Å²) in [5.41, 5.74) is 2.75. The van der Waals surface area contributed by atoms with Gasteiger partial charge in [-0.2, -0.15) is 0 Å². The molecule has 0 aliphatic rings. The molecular formula is C22H23N3O2S. The molecular weight excluding hydrogens is 370 g/mol. The highest BCUT2D eigenvalue weighted by molar-refractivity contribution is 7.09. The van der Waals surface area contributed by atoms with E-state index in [4.69, 9.17) is 4.74 Å². The molecule has 0 N–H and O–H groups in total. The lowest BCUT2D eigenvalue weighted by atomic mass is 10.1. The number of carbonyl (C=O) groups excluding carboxylic acids is 1. The summed E-state index contributed by atoms with van der Waals surface area (Å²) in [6, 6.07) is 11.4. The second-order valence-corrected chi connectivity index (χ2v) is 7.49. The number of ether oxygens (including phenoxy) is 1. The van der Waals surface area contributed by atoms with Gasteiger partial charge in [-0.15, -0.1) is 11.3 Å². The molecule has 1 atom stereocenters. The van der Waals surface area contributed by atoms with Gasteiger partial charge in [-0.25, -0.2) is 4.98 Å². The Morgan fingerprint density at radius 1 is 1.29 bits per heavy atom. The molecule has 3 rings (SSSR count). The van der Waals surface area contributed by atoms with Gasteiger partial charge in [0, 0.05) is 36.5 Å². The van der Waals surface area contributed by atoms with E-state index in [0.29, 0.717) is 6.61 Å². The van der Waals surface area contributed by atoms with Crippen molar-refractivity contribution < 1.29 is 9.53 Å². The molecule has 1 aromatic carbocycles. The van der Waals surface area contributed by atoms with Crippen molar-refractivity contribution in [3.05, 3.63) is 82.1 Å². The molecule has 0 bridgehead atoms. The Balaban J connectivity index is 1.67. The number of benzene rings is 1. The Morgan fingerprint density at radius 2 is 2.11 bits per heavy atom. The third kappa shape index (κ3) is 5.04. The molecule has 1 amide bonds. The number of likely N-dealkylation sites (N-methyl/N-ethyl adjacent to an activating group) is 1. The van der Waals surface area contributed by atoms with Crippen LogP contribution in [0.3, 0.4) is 0 Å². The van der Waals surface area contributed by atoms with E-state index in [2.05, 4.69) is 9.97 Å². The lowest BCUT2D eigenvalue weighted by Crippen LogP contribution is -2.28. The molecule has 6 heteroatoms. The van der Waals surface area contributed by atoms with Crippen LogP contribution >= 0.6 is 11.3 Å². The number of hydrogen-bond acceptors (Lipinski definition) is 5. The fourth-order valence-electron chi connectivity index (χ4n) is 2.69. The highest BCUT2D eigenvalue weighted by Crippen LogP contribution is 2.22. The zero-order chi connectivity index (χ0) is 19.9. The fraction of sp³-hybridized carbons (Fsp3) is 0.227. The van der Waals surface area contributed by atoms with E-state index < -0.39 is 0 Å². The molecule has 0 fully saturated rings. The maximum absolute atomic E-state index is 12.6. The van der Waals surface area contributed by atoms with Crippen LogP contribution in [-0.4, -0.2) is 27.8 Å². The second kappa shape index (κ2) is 9.28. The first-order valence-corrected chi connectivity index (χ1v) is 9.90. The number of thiazole rings is 1. The van der Waals surface area contributed by atoms with Gasteiger partial charge in [0.1, 0.15) is 12.4 Å². The van der Waals surface area contributed by atoms with Crippen LogP contribution < -0.4 is 4.74 Å². The summed E-state index contributed by atoms with van der Waals surface area (Å²) >= 11 is 1.60. The third-order valence-electron chi connectivity index (χ3n) is 4.46. The fourth-order valence-corrected chi connectivity index (χ4v) is 3.29. The Hall–Kier alpha value is -2.99. The van der Waals surface area contributed by atoms with Crippen LogP contribution in [0.25, 0.3) is 6.08 Å². The number of pyridine rings is 1. The molecule has 3 aromatic rings. The molecule has 0 saturated carbocycles. The van der Waals surface area contributed by atoms with E-state index in [-0.39, 0.29) is 11.9 Å². The number of carbonyl (C=O) groups is 1. The van der Waals surface area contributed by atoms with Gasteiger partial charge in [-0.1, -0.05) is 24.3 Å². The molecule has 28 heavy (non-hydrogen) atoms. The zero-order valence-electron chi connectivity index (χ0n) is 16.2. The Morgan fingerprint density at radius 3 is 2.82 bits per heavy atom. The van der Waals surface area contributed by atoms with Crippen LogP contribution in [-0.2, 0) is 11.4 Å². The van der Waals surface area contributed by atoms with Gasteiger partial charge in [0.2, 0.25) is 5.91 Å². The summed E-state index contributed by atoms with van der Waals surface area (Å²) in [5.74, 6) is 0.640. The quantitative estimate of drug-likeness (QED) is 0.548. The minimum absolute atomic E-state index is 0.0646. The maximum atomic E-state index is 12.6. The summed E-state index contributed by atoms with van der Waals surface area (Å²) in [7, 11) is 1.79. The first-order chi connectivity index (χ1) is 13.5. The molecule has 0 spiro atoms. The van der Waals surface area contributed by atoms with Crippen molar-refractivity contribution in [2.24, 2.45) is 0 Å². The van der Waals surface area contributed by atoms with Crippen molar-refractivity contribution in [1.29, 1.82) is 0 Å². The average molecular weight is 394 g/mol. The van der Waals surface area contributed by atoms with Crippen molar-refractivity contribution in [3.8, 4) is 5.75 Å². The predicted molar refractivity (Wildman–Crippen MR) is 112 cm³/mol. The monoisotopic (exact) mass is 393 g/mol. The number of nitrogens with zero attached hydrogens (tertiary/aromatic N) is 3. The molecule has 144 valence electrons. The zero-order valence-corrected chi connectivity index (χ0v) is 17.0. The van der Waals surface area contributed by atoms with Gasteiger partial charge < -0.3 is 9.64 Å². The minimum atomic E-state index is -0.0821. The van der Waals surface area contributed by atoms with Crippen molar-refractivity contribution in [2.75, 3.05) is 7.05 Å². The summed E-state index contributed by atoms with van der Waals surface area (Å²) < 4.78 is 5.91. The summed E-state index contributed by atoms with van der Waals surface area (Å²) in [5, 5.41) is 3.01. The summed E-state index contributed by atoms with van der Waals surface area (Å²) in [6.07, 6.45) is 6.86.